The minimum absolute atomic E-state index is 0.000524. The third-order valence-electron chi connectivity index (χ3n) is 10.9. The lowest BCUT2D eigenvalue weighted by molar-refractivity contribution is -0.131. The quantitative estimate of drug-likeness (QED) is 0.223. The van der Waals surface area contributed by atoms with Crippen molar-refractivity contribution in [3.63, 3.8) is 0 Å². The van der Waals surface area contributed by atoms with Crippen molar-refractivity contribution >= 4 is 22.6 Å². The molecule has 3 heterocycles. The van der Waals surface area contributed by atoms with E-state index in [9.17, 15) is 9.18 Å². The van der Waals surface area contributed by atoms with Gasteiger partial charge in [-0.3, -0.25) is 4.79 Å². The van der Waals surface area contributed by atoms with E-state index >= 15 is 4.39 Å². The van der Waals surface area contributed by atoms with Crippen LogP contribution in [0.4, 0.5) is 14.6 Å². The number of amides is 1. The van der Waals surface area contributed by atoms with E-state index in [2.05, 4.69) is 22.4 Å². The summed E-state index contributed by atoms with van der Waals surface area (Å²) in [6.07, 6.45) is 6.82. The Labute approximate surface area is 267 Å². The number of nitrogens with zero attached hydrogens (tertiary/aromatic N) is 6. The molecule has 2 saturated carbocycles. The van der Waals surface area contributed by atoms with Crippen LogP contribution in [0.5, 0.6) is 6.01 Å². The summed E-state index contributed by atoms with van der Waals surface area (Å²) in [6, 6.07) is 9.47. The number of anilines is 1. The van der Waals surface area contributed by atoms with Crippen LogP contribution < -0.4 is 9.64 Å². The molecule has 10 heteroatoms. The third kappa shape index (κ3) is 5.19. The summed E-state index contributed by atoms with van der Waals surface area (Å²) in [5.74, 6) is -0.484. The van der Waals surface area contributed by atoms with Crippen molar-refractivity contribution in [3.05, 3.63) is 71.1 Å². The van der Waals surface area contributed by atoms with Gasteiger partial charge in [-0.15, -0.1) is 0 Å². The molecule has 0 N–H and O–H groups in total. The minimum atomic E-state index is -1.05. The van der Waals surface area contributed by atoms with Crippen molar-refractivity contribution in [2.45, 2.75) is 50.5 Å². The smallest absolute Gasteiger partial charge is 0.319 e. The Bertz CT molecular complexity index is 1780. The van der Waals surface area contributed by atoms with E-state index < -0.39 is 23.6 Å². The molecule has 2 saturated heterocycles. The van der Waals surface area contributed by atoms with Crippen molar-refractivity contribution in [2.75, 3.05) is 57.3 Å². The van der Waals surface area contributed by atoms with Crippen LogP contribution in [-0.2, 0) is 11.2 Å². The highest BCUT2D eigenvalue weighted by atomic mass is 19.1. The van der Waals surface area contributed by atoms with E-state index in [-0.39, 0.29) is 36.6 Å². The van der Waals surface area contributed by atoms with E-state index in [1.165, 1.54) is 35.3 Å². The van der Waals surface area contributed by atoms with E-state index in [4.69, 9.17) is 21.3 Å². The molecule has 0 radical (unpaired) electrons. The third-order valence-corrected chi connectivity index (χ3v) is 10.9. The van der Waals surface area contributed by atoms with Gasteiger partial charge in [0.25, 0.3) is 5.91 Å². The van der Waals surface area contributed by atoms with Gasteiger partial charge in [-0.25, -0.2) is 15.4 Å². The van der Waals surface area contributed by atoms with Crippen LogP contribution in [0.2, 0.25) is 0 Å². The molecule has 2 aromatic carbocycles. The molecule has 3 aliphatic carbocycles. The Hall–Kier alpha value is -4.10. The average molecular weight is 625 g/mol. The number of aromatic nitrogens is 2. The fraction of sp³-hybridized carbons (Fsp3) is 0.500. The highest BCUT2D eigenvalue weighted by Crippen LogP contribution is 2.58. The zero-order chi connectivity index (χ0) is 31.6. The molecule has 4 fully saturated rings. The number of likely N-dealkylation sites (tertiary alicyclic amines) is 1. The van der Waals surface area contributed by atoms with E-state index in [0.717, 1.165) is 44.5 Å². The molecule has 0 bridgehead atoms. The van der Waals surface area contributed by atoms with Gasteiger partial charge >= 0.3 is 6.01 Å². The number of hydrogen-bond acceptors (Lipinski definition) is 6. The van der Waals surface area contributed by atoms with Crippen LogP contribution in [0.25, 0.3) is 26.9 Å². The lowest BCUT2D eigenvalue weighted by Crippen LogP contribution is -2.56. The fourth-order valence-electron chi connectivity index (χ4n) is 8.08. The molecular weight excluding hydrogens is 586 g/mol. The number of rotatable bonds is 9. The lowest BCUT2D eigenvalue weighted by Gasteiger charge is -2.39. The first-order valence-corrected chi connectivity index (χ1v) is 16.6. The van der Waals surface area contributed by atoms with E-state index in [1.807, 2.05) is 29.2 Å². The SMILES string of the molecule is [C-]#[N+]C[C@H]1CN(c2nc(OCC3(CN4CCCC4)CC3)nc3c(F)c(-c4cccc5c4CC4CC54)ccc23)CCN1C(=O)C(=C)F. The molecule has 2 aliphatic heterocycles. The molecule has 3 atom stereocenters. The predicted molar refractivity (Wildman–Crippen MR) is 172 cm³/mol. The lowest BCUT2D eigenvalue weighted by atomic mass is 9.93. The van der Waals surface area contributed by atoms with Crippen LogP contribution in [0.3, 0.4) is 0 Å². The summed E-state index contributed by atoms with van der Waals surface area (Å²) in [5, 5.41) is 0.540. The molecule has 2 unspecified atom stereocenters. The number of ether oxygens (including phenoxy) is 1. The number of piperazine rings is 1. The Morgan fingerprint density at radius 2 is 1.93 bits per heavy atom. The Balaban J connectivity index is 1.16. The maximum Gasteiger partial charge on any atom is 0.319 e. The molecule has 3 aromatic rings. The first kappa shape index (κ1) is 29.3. The second-order valence-corrected chi connectivity index (χ2v) is 13.9. The molecule has 1 aromatic heterocycles. The highest BCUT2D eigenvalue weighted by Gasteiger charge is 2.47. The zero-order valence-corrected chi connectivity index (χ0v) is 26.0. The maximum atomic E-state index is 16.8. The number of halogens is 2. The van der Waals surface area contributed by atoms with Crippen LogP contribution >= 0.6 is 0 Å². The monoisotopic (exact) mass is 624 g/mol. The van der Waals surface area contributed by atoms with Crippen LogP contribution in [0.15, 0.2) is 42.7 Å². The molecular formula is C36H38F2N6O2. The molecule has 5 aliphatic rings. The fourth-order valence-corrected chi connectivity index (χ4v) is 8.08. The number of hydrogen-bond donors (Lipinski definition) is 0. The molecule has 238 valence electrons. The van der Waals surface area contributed by atoms with Gasteiger partial charge in [0.2, 0.25) is 6.54 Å². The largest absolute Gasteiger partial charge is 0.463 e. The molecule has 8 rings (SSSR count). The van der Waals surface area contributed by atoms with E-state index in [1.54, 1.807) is 0 Å². The topological polar surface area (TPSA) is 66.2 Å². The van der Waals surface area contributed by atoms with Gasteiger partial charge in [0, 0.05) is 42.5 Å². The van der Waals surface area contributed by atoms with Crippen LogP contribution in [0, 0.1) is 23.7 Å². The Morgan fingerprint density at radius 1 is 1.11 bits per heavy atom. The van der Waals surface area contributed by atoms with Crippen molar-refractivity contribution in [1.82, 2.24) is 19.8 Å². The number of carbonyl (C=O) groups excluding carboxylic acids is 1. The van der Waals surface area contributed by atoms with Gasteiger partial charge in [-0.05, 0) is 86.2 Å². The summed E-state index contributed by atoms with van der Waals surface area (Å²) in [7, 11) is 0. The maximum absolute atomic E-state index is 16.8. The first-order chi connectivity index (χ1) is 22.3. The molecule has 0 spiro atoms. The summed E-state index contributed by atoms with van der Waals surface area (Å²) in [5.41, 5.74) is 4.29. The second-order valence-electron chi connectivity index (χ2n) is 13.9. The summed E-state index contributed by atoms with van der Waals surface area (Å²) in [6.45, 7) is 15.1. The van der Waals surface area contributed by atoms with Gasteiger partial charge in [0.15, 0.2) is 11.6 Å². The van der Waals surface area contributed by atoms with Crippen molar-refractivity contribution in [3.8, 4) is 17.1 Å². The van der Waals surface area contributed by atoms with E-state index in [0.29, 0.717) is 41.8 Å². The first-order valence-electron chi connectivity index (χ1n) is 16.6. The summed E-state index contributed by atoms with van der Waals surface area (Å²) >= 11 is 0. The minimum Gasteiger partial charge on any atom is -0.463 e. The van der Waals surface area contributed by atoms with Crippen LogP contribution in [0.1, 0.15) is 49.1 Å². The van der Waals surface area contributed by atoms with Crippen molar-refractivity contribution in [2.24, 2.45) is 11.3 Å². The number of benzene rings is 2. The van der Waals surface area contributed by atoms with Gasteiger partial charge in [-0.2, -0.15) is 9.97 Å². The average Bonchev–Trinajstić information content (AvgIpc) is 3.91. The van der Waals surface area contributed by atoms with Gasteiger partial charge < -0.3 is 24.3 Å². The molecule has 8 nitrogen and oxygen atoms in total. The highest BCUT2D eigenvalue weighted by molar-refractivity contribution is 5.94. The molecule has 46 heavy (non-hydrogen) atoms. The Kier molecular flexibility index (Phi) is 7.20. The molecule has 1 amide bonds. The predicted octanol–water partition coefficient (Wildman–Crippen LogP) is 5.77. The summed E-state index contributed by atoms with van der Waals surface area (Å²) < 4.78 is 36.9. The van der Waals surface area contributed by atoms with Crippen LogP contribution in [-0.4, -0.2) is 84.1 Å². The van der Waals surface area contributed by atoms with Crippen molar-refractivity contribution in [1.29, 1.82) is 0 Å². The van der Waals surface area contributed by atoms with Crippen molar-refractivity contribution < 1.29 is 18.3 Å². The second kappa shape index (κ2) is 11.3. The standard InChI is InChI=1S/C36H38F2N6O2/c1-22(37)34(45)44-15-14-43(19-24(44)18-39-2)33-28-9-8-27(25-6-5-7-26-29-16-23(29)17-30(25)26)31(38)32(28)40-35(41-33)46-21-36(10-11-36)20-42-12-3-4-13-42/h5-9,23-24,29H,1,3-4,10-21H2/t23?,24-,29?/m0/s1. The number of carbonyl (C=O) groups is 1. The van der Waals surface area contributed by atoms with Gasteiger partial charge in [-0.1, -0.05) is 30.8 Å². The Morgan fingerprint density at radius 3 is 2.70 bits per heavy atom. The van der Waals surface area contributed by atoms with Gasteiger partial charge in [0.1, 0.15) is 17.4 Å². The normalized spacial score (nSPS) is 24.4. The zero-order valence-electron chi connectivity index (χ0n) is 26.0. The summed E-state index contributed by atoms with van der Waals surface area (Å²) in [4.78, 5) is 31.4. The van der Waals surface area contributed by atoms with Gasteiger partial charge in [0.05, 0.1) is 6.61 Å². The number of fused-ring (bicyclic) bond motifs is 4.